The van der Waals surface area contributed by atoms with Crippen LogP contribution in [0, 0.1) is 0 Å². The Morgan fingerprint density at radius 3 is 2.48 bits per heavy atom. The predicted molar refractivity (Wildman–Crippen MR) is 102 cm³/mol. The van der Waals surface area contributed by atoms with Crippen molar-refractivity contribution in [1.29, 1.82) is 0 Å². The predicted octanol–water partition coefficient (Wildman–Crippen LogP) is 2.86. The number of fused-ring (bicyclic) bond motifs is 1. The number of rotatable bonds is 3. The van der Waals surface area contributed by atoms with E-state index in [9.17, 15) is 14.7 Å². The van der Waals surface area contributed by atoms with Crippen molar-refractivity contribution in [1.82, 2.24) is 14.5 Å². The molecule has 142 valence electrons. The molecule has 1 aromatic carbocycles. The fraction of sp³-hybridized carbons (Fsp3) is 0.476. The lowest BCUT2D eigenvalue weighted by Crippen LogP contribution is -2.46. The average molecular weight is 367 g/mol. The number of aromatic nitrogens is 2. The summed E-state index contributed by atoms with van der Waals surface area (Å²) in [5.41, 5.74) is 0.639. The van der Waals surface area contributed by atoms with Gasteiger partial charge in [0.2, 0.25) is 5.75 Å². The average Bonchev–Trinajstić information content (AvgIpc) is 3.14. The number of carbonyl (C=O) groups excluding carboxylic acids is 1. The van der Waals surface area contributed by atoms with E-state index in [1.54, 1.807) is 9.47 Å². The van der Waals surface area contributed by atoms with E-state index in [-0.39, 0.29) is 29.5 Å². The van der Waals surface area contributed by atoms with Crippen LogP contribution < -0.4 is 5.56 Å². The quantitative estimate of drug-likeness (QED) is 0.905. The standard InChI is InChI=1S/C21H25N3O3/c1-13(2)23-11-12-24-17(21(23)27)18(25)20(26)22-19(24)16-10-6-9-15(16)14-7-4-3-5-8-14/h3-5,7-8,13,15-16,25H,6,9-12H2,1-2H3/t15-,16-/m0/s1. The second-order valence-electron chi connectivity index (χ2n) is 7.77. The Labute approximate surface area is 158 Å². The maximum absolute atomic E-state index is 12.9. The minimum absolute atomic E-state index is 0.0147. The van der Waals surface area contributed by atoms with E-state index in [1.165, 1.54) is 5.56 Å². The minimum atomic E-state index is -0.700. The van der Waals surface area contributed by atoms with Crippen molar-refractivity contribution in [3.05, 3.63) is 57.8 Å². The van der Waals surface area contributed by atoms with Gasteiger partial charge in [0, 0.05) is 25.0 Å². The van der Waals surface area contributed by atoms with Gasteiger partial charge in [-0.2, -0.15) is 4.98 Å². The van der Waals surface area contributed by atoms with Gasteiger partial charge < -0.3 is 14.6 Å². The van der Waals surface area contributed by atoms with Gasteiger partial charge in [0.05, 0.1) is 0 Å². The molecule has 0 saturated heterocycles. The highest BCUT2D eigenvalue weighted by Crippen LogP contribution is 2.45. The van der Waals surface area contributed by atoms with Gasteiger partial charge in [-0.25, -0.2) is 0 Å². The summed E-state index contributed by atoms with van der Waals surface area (Å²) >= 11 is 0. The van der Waals surface area contributed by atoms with Gasteiger partial charge in [-0.05, 0) is 38.2 Å². The normalized spacial score (nSPS) is 22.3. The molecule has 2 heterocycles. The van der Waals surface area contributed by atoms with Crippen LogP contribution in [0.5, 0.6) is 5.75 Å². The smallest absolute Gasteiger partial charge is 0.315 e. The number of hydrogen-bond donors (Lipinski definition) is 1. The summed E-state index contributed by atoms with van der Waals surface area (Å²) in [5.74, 6) is 0.193. The molecule has 1 aliphatic carbocycles. The molecule has 1 aliphatic heterocycles. The minimum Gasteiger partial charge on any atom is -0.501 e. The van der Waals surface area contributed by atoms with E-state index in [0.717, 1.165) is 19.3 Å². The van der Waals surface area contributed by atoms with Crippen molar-refractivity contribution in [2.75, 3.05) is 6.54 Å². The summed E-state index contributed by atoms with van der Waals surface area (Å²) in [5, 5.41) is 10.3. The molecule has 4 rings (SSSR count). The van der Waals surface area contributed by atoms with Crippen LogP contribution in [0.3, 0.4) is 0 Å². The topological polar surface area (TPSA) is 75.4 Å². The SMILES string of the molecule is CC(C)N1CCn2c([C@H]3CCC[C@H]3c3ccccc3)nc(=O)c(O)c2C1=O. The summed E-state index contributed by atoms with van der Waals surface area (Å²) in [6.45, 7) is 4.98. The molecule has 0 bridgehead atoms. The molecule has 2 aromatic rings. The van der Waals surface area contributed by atoms with Crippen LogP contribution >= 0.6 is 0 Å². The number of carbonyl (C=O) groups is 1. The van der Waals surface area contributed by atoms with Gasteiger partial charge in [0.25, 0.3) is 5.91 Å². The number of hydrogen-bond acceptors (Lipinski definition) is 4. The van der Waals surface area contributed by atoms with Gasteiger partial charge in [0.1, 0.15) is 5.82 Å². The third-order valence-electron chi connectivity index (χ3n) is 5.92. The Morgan fingerprint density at radius 1 is 1.07 bits per heavy atom. The van der Waals surface area contributed by atoms with Crippen LogP contribution in [0.4, 0.5) is 0 Å². The van der Waals surface area contributed by atoms with Crippen LogP contribution in [0.1, 0.15) is 66.8 Å². The van der Waals surface area contributed by atoms with Crippen LogP contribution in [-0.2, 0) is 6.54 Å². The molecule has 2 atom stereocenters. The Balaban J connectivity index is 1.82. The van der Waals surface area contributed by atoms with Gasteiger partial charge in [-0.15, -0.1) is 0 Å². The van der Waals surface area contributed by atoms with Crippen LogP contribution in [0.15, 0.2) is 35.1 Å². The van der Waals surface area contributed by atoms with Gasteiger partial charge >= 0.3 is 5.56 Å². The Bertz CT molecular complexity index is 920. The third-order valence-corrected chi connectivity index (χ3v) is 5.92. The summed E-state index contributed by atoms with van der Waals surface area (Å²) in [6.07, 6.45) is 3.02. The molecule has 2 aliphatic rings. The van der Waals surface area contributed by atoms with Crippen LogP contribution in [0.25, 0.3) is 0 Å². The van der Waals surface area contributed by atoms with Crippen molar-refractivity contribution in [3.63, 3.8) is 0 Å². The molecule has 1 amide bonds. The molecule has 0 unspecified atom stereocenters. The summed E-state index contributed by atoms with van der Waals surface area (Å²) in [7, 11) is 0. The molecule has 0 spiro atoms. The first-order valence-electron chi connectivity index (χ1n) is 9.68. The molecule has 6 nitrogen and oxygen atoms in total. The number of aromatic hydroxyl groups is 1. The van der Waals surface area contributed by atoms with Crippen molar-refractivity contribution >= 4 is 5.91 Å². The third kappa shape index (κ3) is 2.93. The van der Waals surface area contributed by atoms with Crippen molar-refractivity contribution in [3.8, 4) is 5.75 Å². The second kappa shape index (κ2) is 6.83. The first-order valence-corrected chi connectivity index (χ1v) is 9.68. The van der Waals surface area contributed by atoms with Crippen molar-refractivity contribution in [2.24, 2.45) is 0 Å². The van der Waals surface area contributed by atoms with Crippen molar-refractivity contribution in [2.45, 2.75) is 57.5 Å². The van der Waals surface area contributed by atoms with Gasteiger partial charge in [-0.1, -0.05) is 36.8 Å². The van der Waals surface area contributed by atoms with E-state index >= 15 is 0 Å². The first-order chi connectivity index (χ1) is 13.0. The molecule has 27 heavy (non-hydrogen) atoms. The zero-order chi connectivity index (χ0) is 19.1. The second-order valence-corrected chi connectivity index (χ2v) is 7.77. The van der Waals surface area contributed by atoms with Gasteiger partial charge in [-0.3, -0.25) is 9.59 Å². The lowest BCUT2D eigenvalue weighted by Gasteiger charge is -2.35. The summed E-state index contributed by atoms with van der Waals surface area (Å²) in [4.78, 5) is 31.2. The van der Waals surface area contributed by atoms with E-state index in [0.29, 0.717) is 18.9 Å². The largest absolute Gasteiger partial charge is 0.501 e. The Hall–Kier alpha value is -2.63. The molecular formula is C21H25N3O3. The molecule has 0 radical (unpaired) electrons. The Kier molecular flexibility index (Phi) is 4.50. The van der Waals surface area contributed by atoms with Crippen LogP contribution in [0.2, 0.25) is 0 Å². The highest BCUT2D eigenvalue weighted by molar-refractivity contribution is 5.95. The molecule has 1 saturated carbocycles. The fourth-order valence-electron chi connectivity index (χ4n) is 4.59. The molecule has 1 fully saturated rings. The highest BCUT2D eigenvalue weighted by atomic mass is 16.3. The fourth-order valence-corrected chi connectivity index (χ4v) is 4.59. The van der Waals surface area contributed by atoms with E-state index in [4.69, 9.17) is 0 Å². The highest BCUT2D eigenvalue weighted by Gasteiger charge is 2.38. The molecular weight excluding hydrogens is 342 g/mol. The number of nitrogens with zero attached hydrogens (tertiary/aromatic N) is 3. The summed E-state index contributed by atoms with van der Waals surface area (Å²) in [6, 6.07) is 10.3. The number of amides is 1. The zero-order valence-corrected chi connectivity index (χ0v) is 15.8. The lowest BCUT2D eigenvalue weighted by atomic mass is 9.88. The Morgan fingerprint density at radius 2 is 1.78 bits per heavy atom. The van der Waals surface area contributed by atoms with E-state index in [1.807, 2.05) is 32.0 Å². The van der Waals surface area contributed by atoms with Crippen molar-refractivity contribution < 1.29 is 9.90 Å². The first kappa shape index (κ1) is 17.8. The van der Waals surface area contributed by atoms with Gasteiger partial charge in [0.15, 0.2) is 5.69 Å². The molecule has 6 heteroatoms. The monoisotopic (exact) mass is 367 g/mol. The molecule has 1 N–H and O–H groups in total. The maximum atomic E-state index is 12.9. The molecule has 1 aromatic heterocycles. The van der Waals surface area contributed by atoms with E-state index < -0.39 is 11.3 Å². The zero-order valence-electron chi connectivity index (χ0n) is 15.8. The lowest BCUT2D eigenvalue weighted by molar-refractivity contribution is 0.0636. The van der Waals surface area contributed by atoms with Crippen LogP contribution in [-0.4, -0.2) is 38.1 Å². The summed E-state index contributed by atoms with van der Waals surface area (Å²) < 4.78 is 1.80. The number of benzene rings is 1. The van der Waals surface area contributed by atoms with E-state index in [2.05, 4.69) is 17.1 Å². The maximum Gasteiger partial charge on any atom is 0.315 e.